The lowest BCUT2D eigenvalue weighted by atomic mass is 9.43. The van der Waals surface area contributed by atoms with Gasteiger partial charge >= 0.3 is 23.9 Å². The largest absolute Gasteiger partial charge is 0.461 e. The van der Waals surface area contributed by atoms with Crippen molar-refractivity contribution >= 4 is 23.9 Å². The summed E-state index contributed by atoms with van der Waals surface area (Å²) in [7, 11) is 0. The topological polar surface area (TPSA) is 146 Å². The summed E-state index contributed by atoms with van der Waals surface area (Å²) in [4.78, 5) is 56.3. The van der Waals surface area contributed by atoms with Gasteiger partial charge in [0.2, 0.25) is 0 Å². The Labute approximate surface area is 442 Å². The molecule has 8 saturated carbocycles. The lowest BCUT2D eigenvalue weighted by Gasteiger charge is -2.63. The molecule has 0 aromatic heterocycles. The molecule has 0 amide bonds. The van der Waals surface area contributed by atoms with Gasteiger partial charge in [-0.1, -0.05) is 102 Å². The van der Waals surface area contributed by atoms with Crippen LogP contribution in [0.15, 0.2) is 60.7 Å². The number of hydrogen-bond donors (Lipinski definition) is 2. The zero-order valence-electron chi connectivity index (χ0n) is 45.7. The highest BCUT2D eigenvalue weighted by molar-refractivity contribution is 6.29. The zero-order chi connectivity index (χ0) is 52.2. The highest BCUT2D eigenvalue weighted by atomic mass is 16.6. The molecule has 0 saturated heterocycles. The predicted molar refractivity (Wildman–Crippen MR) is 282 cm³/mol. The molecular formula is C64H90O10. The highest BCUT2D eigenvalue weighted by Gasteiger charge is 2.67. The van der Waals surface area contributed by atoms with Crippen molar-refractivity contribution in [1.82, 2.24) is 0 Å². The van der Waals surface area contributed by atoms with Gasteiger partial charge in [0.15, 0.2) is 0 Å². The van der Waals surface area contributed by atoms with E-state index in [1.54, 1.807) is 0 Å². The average molecular weight is 1020 g/mol. The molecule has 0 spiro atoms. The number of aliphatic hydroxyl groups is 2. The van der Waals surface area contributed by atoms with E-state index < -0.39 is 35.0 Å². The van der Waals surface area contributed by atoms with Gasteiger partial charge in [0, 0.05) is 23.7 Å². The third kappa shape index (κ3) is 9.93. The van der Waals surface area contributed by atoms with Crippen LogP contribution in [0.1, 0.15) is 181 Å². The van der Waals surface area contributed by atoms with Crippen molar-refractivity contribution in [3.63, 3.8) is 0 Å². The van der Waals surface area contributed by atoms with E-state index in [0.29, 0.717) is 85.9 Å². The Morgan fingerprint density at radius 1 is 0.514 bits per heavy atom. The minimum atomic E-state index is -0.882. The fourth-order valence-electron chi connectivity index (χ4n) is 19.7. The van der Waals surface area contributed by atoms with Gasteiger partial charge in [-0.25, -0.2) is 9.59 Å². The molecule has 2 aromatic rings. The van der Waals surface area contributed by atoms with E-state index in [4.69, 9.17) is 18.9 Å². The van der Waals surface area contributed by atoms with Gasteiger partial charge < -0.3 is 29.2 Å². The maximum Gasteiger partial charge on any atom is 0.417 e. The second-order valence-corrected chi connectivity index (χ2v) is 26.9. The number of ether oxygens (including phenoxy) is 4. The molecule has 0 aliphatic heterocycles. The fourth-order valence-corrected chi connectivity index (χ4v) is 19.7. The van der Waals surface area contributed by atoms with Gasteiger partial charge in [-0.3, -0.25) is 9.59 Å². The number of benzene rings is 2. The number of aliphatic hydroxyl groups excluding tert-OH is 2. The van der Waals surface area contributed by atoms with Crippen LogP contribution in [0.2, 0.25) is 0 Å². The molecule has 10 rings (SSSR count). The summed E-state index contributed by atoms with van der Waals surface area (Å²) in [6, 6.07) is 19.6. The molecular weight excluding hydrogens is 929 g/mol. The quantitative estimate of drug-likeness (QED) is 0.107. The maximum absolute atomic E-state index is 15.0. The van der Waals surface area contributed by atoms with E-state index in [-0.39, 0.29) is 71.9 Å². The standard InChI is InChI=1S/C64H90O10/c1-39(17-27-57(67)71-37-41-13-9-7-10-14-41)49-23-25-51-47-21-19-43-33-45(65)29-31-61(43,3)53(47)35-55(63(49,51)5)73-59(69)60(70)74-56-36-54-48(22-20-44-34-46(66)30-32-62(44,54)4)52-26-24-50(64(52,56)6)40(2)18-28-58(68)72-38-42-15-11-8-12-16-42/h7-16,39-40,43-56,65-66H,17-38H2,1-6H3/t39-,40-,43-,44-,45-,46-,47?,48?,49-,50-,51?,52?,53?,54?,55+,56+,61+,62+,63-,64-/m1/s1. The van der Waals surface area contributed by atoms with Gasteiger partial charge in [0.25, 0.3) is 0 Å². The fraction of sp³-hybridized carbons (Fsp3) is 0.750. The molecule has 20 atom stereocenters. The van der Waals surface area contributed by atoms with Crippen LogP contribution in [0, 0.1) is 92.7 Å². The molecule has 406 valence electrons. The minimum absolute atomic E-state index is 0.0129. The van der Waals surface area contributed by atoms with E-state index in [2.05, 4.69) is 41.5 Å². The zero-order valence-corrected chi connectivity index (χ0v) is 45.7. The molecule has 8 aliphatic rings. The first kappa shape index (κ1) is 53.6. The molecule has 8 fully saturated rings. The van der Waals surface area contributed by atoms with Crippen molar-refractivity contribution in [3.8, 4) is 0 Å². The van der Waals surface area contributed by atoms with Crippen LogP contribution in [0.5, 0.6) is 0 Å². The Bertz CT molecular complexity index is 2140. The summed E-state index contributed by atoms with van der Waals surface area (Å²) in [5.41, 5.74) is 1.15. The Balaban J connectivity index is 0.889. The van der Waals surface area contributed by atoms with E-state index in [9.17, 15) is 29.4 Å². The lowest BCUT2D eigenvalue weighted by Crippen LogP contribution is -2.60. The van der Waals surface area contributed by atoms with Crippen molar-refractivity contribution in [3.05, 3.63) is 71.8 Å². The number of rotatable bonds is 14. The predicted octanol–water partition coefficient (Wildman–Crippen LogP) is 12.4. The molecule has 74 heavy (non-hydrogen) atoms. The van der Waals surface area contributed by atoms with E-state index in [1.807, 2.05) is 60.7 Å². The Hall–Kier alpha value is -3.76. The van der Waals surface area contributed by atoms with E-state index in [1.165, 1.54) is 0 Å². The molecule has 2 aromatic carbocycles. The Morgan fingerprint density at radius 3 is 1.30 bits per heavy atom. The maximum atomic E-state index is 15.0. The summed E-state index contributed by atoms with van der Waals surface area (Å²) >= 11 is 0. The summed E-state index contributed by atoms with van der Waals surface area (Å²) in [5, 5.41) is 21.8. The molecule has 10 nitrogen and oxygen atoms in total. The molecule has 0 bridgehead atoms. The highest BCUT2D eigenvalue weighted by Crippen LogP contribution is 2.71. The number of fused-ring (bicyclic) bond motifs is 10. The van der Waals surface area contributed by atoms with Gasteiger partial charge in [-0.05, 0) is 209 Å². The number of esters is 4. The first-order valence-electron chi connectivity index (χ1n) is 29.6. The molecule has 0 heterocycles. The first-order valence-corrected chi connectivity index (χ1v) is 29.6. The average Bonchev–Trinajstić information content (AvgIpc) is 3.95. The second kappa shape index (κ2) is 21.6. The summed E-state index contributed by atoms with van der Waals surface area (Å²) in [5.74, 6) is 1.50. The molecule has 6 unspecified atom stereocenters. The minimum Gasteiger partial charge on any atom is -0.461 e. The smallest absolute Gasteiger partial charge is 0.417 e. The van der Waals surface area contributed by atoms with Crippen molar-refractivity contribution in [2.45, 2.75) is 208 Å². The summed E-state index contributed by atoms with van der Waals surface area (Å²) in [6.07, 6.45) is 15.4. The third-order valence-corrected chi connectivity index (χ3v) is 23.7. The number of carbonyl (C=O) groups excluding carboxylic acids is 4. The number of carbonyl (C=O) groups is 4. The van der Waals surface area contributed by atoms with Gasteiger partial charge in [-0.15, -0.1) is 0 Å². The summed E-state index contributed by atoms with van der Waals surface area (Å²) < 4.78 is 25.1. The van der Waals surface area contributed by atoms with Crippen LogP contribution < -0.4 is 0 Å². The third-order valence-electron chi connectivity index (χ3n) is 23.7. The van der Waals surface area contributed by atoms with Gasteiger partial charge in [0.05, 0.1) is 12.2 Å². The van der Waals surface area contributed by atoms with Crippen molar-refractivity contribution in [2.24, 2.45) is 92.7 Å². The van der Waals surface area contributed by atoms with Crippen LogP contribution in [-0.4, -0.2) is 58.5 Å². The molecule has 2 N–H and O–H groups in total. The van der Waals surface area contributed by atoms with E-state index in [0.717, 1.165) is 101 Å². The van der Waals surface area contributed by atoms with Crippen molar-refractivity contribution < 1.29 is 48.3 Å². The van der Waals surface area contributed by atoms with Crippen LogP contribution >= 0.6 is 0 Å². The van der Waals surface area contributed by atoms with Crippen LogP contribution in [0.25, 0.3) is 0 Å². The SMILES string of the molecule is C[C@H](CCC(=O)OCc1ccccc1)[C@H]1CCC2C3CC[C@@H]4C[C@H](O)CC[C@]4(C)C3C[C@H](OC(=O)C(=O)O[C@H]3CC4C(CC[C@@H]5C[C@H](O)CC[C@]45C)C4CC[C@H]([C@H](C)CCC(=O)OCc5ccccc5)[C@]43C)[C@@]21C. The first-order chi connectivity index (χ1) is 35.4. The molecule has 8 aliphatic carbocycles. The van der Waals surface area contributed by atoms with Crippen LogP contribution in [0.4, 0.5) is 0 Å². The van der Waals surface area contributed by atoms with Gasteiger partial charge in [0.1, 0.15) is 25.4 Å². The molecule has 10 heteroatoms. The molecule has 0 radical (unpaired) electrons. The van der Waals surface area contributed by atoms with Crippen LogP contribution in [-0.2, 0) is 51.3 Å². The monoisotopic (exact) mass is 1020 g/mol. The lowest BCUT2D eigenvalue weighted by molar-refractivity contribution is -0.214. The normalized spacial score (nSPS) is 41.8. The van der Waals surface area contributed by atoms with E-state index >= 15 is 0 Å². The Kier molecular flexibility index (Phi) is 15.6. The van der Waals surface area contributed by atoms with Crippen molar-refractivity contribution in [2.75, 3.05) is 0 Å². The second-order valence-electron chi connectivity index (χ2n) is 26.9. The van der Waals surface area contributed by atoms with Crippen molar-refractivity contribution in [1.29, 1.82) is 0 Å². The van der Waals surface area contributed by atoms with Gasteiger partial charge in [-0.2, -0.15) is 0 Å². The number of hydrogen-bond acceptors (Lipinski definition) is 10. The van der Waals surface area contributed by atoms with Crippen LogP contribution in [0.3, 0.4) is 0 Å². The Morgan fingerprint density at radius 2 is 0.905 bits per heavy atom. The summed E-state index contributed by atoms with van der Waals surface area (Å²) in [6.45, 7) is 14.6.